The van der Waals surface area contributed by atoms with Crippen molar-refractivity contribution in [2.24, 2.45) is 0 Å². The average Bonchev–Trinajstić information content (AvgIpc) is 3.05. The minimum atomic E-state index is 0. The molecule has 0 aliphatic heterocycles. The number of halogens is 2. The molecule has 0 saturated heterocycles. The molecule has 4 aromatic carbocycles. The molecule has 4 aromatic rings. The van der Waals surface area contributed by atoms with Gasteiger partial charge in [-0.15, -0.1) is 28.5 Å². The fourth-order valence-electron chi connectivity index (χ4n) is 3.52. The van der Waals surface area contributed by atoms with Crippen molar-refractivity contribution in [1.82, 2.24) is 0 Å². The average molecular weight is 660 g/mol. The Morgan fingerprint density at radius 2 is 1.26 bits per heavy atom. The van der Waals surface area contributed by atoms with Crippen LogP contribution in [-0.4, -0.2) is 0 Å². The molecule has 0 unspecified atom stereocenters. The Balaban J connectivity index is 0.000000473. The van der Waals surface area contributed by atoms with Crippen molar-refractivity contribution in [1.29, 1.82) is 0 Å². The topological polar surface area (TPSA) is 0 Å². The third kappa shape index (κ3) is 5.54. The van der Waals surface area contributed by atoms with Crippen LogP contribution in [0.3, 0.4) is 0 Å². The minimum absolute atomic E-state index is 0. The molecule has 0 N–H and O–H groups in total. The first kappa shape index (κ1) is 27.0. The van der Waals surface area contributed by atoms with Crippen molar-refractivity contribution in [3.8, 4) is 0 Å². The monoisotopic (exact) mass is 658 g/mol. The summed E-state index contributed by atoms with van der Waals surface area (Å²) in [5.41, 5.74) is 8.68. The van der Waals surface area contributed by atoms with Crippen LogP contribution in [0.15, 0.2) is 48.5 Å². The molecule has 0 bridgehead atoms. The van der Waals surface area contributed by atoms with E-state index in [0.717, 1.165) is 0 Å². The zero-order valence-corrected chi connectivity index (χ0v) is 23.6. The Bertz CT molecular complexity index is 942. The van der Waals surface area contributed by atoms with Gasteiger partial charge in [0.05, 0.1) is 0 Å². The van der Waals surface area contributed by atoms with E-state index in [1.807, 2.05) is 0 Å². The zero-order chi connectivity index (χ0) is 17.4. The largest absolute Gasteiger partial charge is 4.00 e. The van der Waals surface area contributed by atoms with E-state index in [4.69, 9.17) is 0 Å². The predicted octanol–water partition coefficient (Wildman–Crippen LogP) is 0.973. The van der Waals surface area contributed by atoms with E-state index in [2.05, 4.69) is 90.1 Å². The molecule has 0 aliphatic carbocycles. The molecule has 0 amide bonds. The van der Waals surface area contributed by atoms with E-state index in [9.17, 15) is 0 Å². The molecular formula is C24H26I2Zr. The molecule has 0 fully saturated rings. The Morgan fingerprint density at radius 1 is 0.741 bits per heavy atom. The Hall–Kier alpha value is 0.00312. The van der Waals surface area contributed by atoms with Gasteiger partial charge in [0.15, 0.2) is 0 Å². The second-order valence-corrected chi connectivity index (χ2v) is 6.95. The standard InChI is InChI=1S/C14H11.C10H15.2HI.Zr/c1-10-8-12-7-6-11-4-2-3-5-13(11)14(12)9-10;1-6-7(2)9(4)10(5)8(6)3;;;/h2-9H,1H3;1-5H3;2*1H;/q2*-1;;;+4/p-2. The van der Waals surface area contributed by atoms with Crippen LogP contribution in [0.25, 0.3) is 21.5 Å². The molecule has 27 heavy (non-hydrogen) atoms. The number of hydrogen-bond acceptors (Lipinski definition) is 0. The number of rotatable bonds is 0. The van der Waals surface area contributed by atoms with E-state index in [0.29, 0.717) is 0 Å². The smallest absolute Gasteiger partial charge is 1.00 e. The molecular weight excluding hydrogens is 633 g/mol. The van der Waals surface area contributed by atoms with Gasteiger partial charge in [-0.2, -0.15) is 33.9 Å². The second kappa shape index (κ2) is 11.3. The molecule has 3 heteroatoms. The fraction of sp³-hybridized carbons (Fsp3) is 0.250. The normalized spacial score (nSPS) is 9.70. The van der Waals surface area contributed by atoms with Gasteiger partial charge in [-0.25, -0.2) is 0 Å². The first-order valence-corrected chi connectivity index (χ1v) is 8.64. The fourth-order valence-corrected chi connectivity index (χ4v) is 3.52. The number of fused-ring (bicyclic) bond motifs is 3. The number of aryl methyl sites for hydroxylation is 1. The van der Waals surface area contributed by atoms with Crippen LogP contribution < -0.4 is 48.0 Å². The van der Waals surface area contributed by atoms with Gasteiger partial charge < -0.3 is 48.0 Å². The molecule has 0 aromatic heterocycles. The predicted molar refractivity (Wildman–Crippen MR) is 108 cm³/mol. The second-order valence-electron chi connectivity index (χ2n) is 6.95. The van der Waals surface area contributed by atoms with Crippen molar-refractivity contribution < 1.29 is 74.2 Å². The number of hydrogen-bond donors (Lipinski definition) is 0. The van der Waals surface area contributed by atoms with Gasteiger partial charge in [-0.3, -0.25) is 0 Å². The third-order valence-electron chi connectivity index (χ3n) is 5.57. The summed E-state index contributed by atoms with van der Waals surface area (Å²) in [5.74, 6) is 0. The zero-order valence-electron chi connectivity index (χ0n) is 16.9. The van der Waals surface area contributed by atoms with Gasteiger partial charge in [0.1, 0.15) is 0 Å². The van der Waals surface area contributed by atoms with Gasteiger partial charge in [-0.1, -0.05) is 82.6 Å². The van der Waals surface area contributed by atoms with Gasteiger partial charge >= 0.3 is 26.2 Å². The Kier molecular flexibility index (Phi) is 11.3. The maximum atomic E-state index is 2.26. The molecule has 140 valence electrons. The maximum Gasteiger partial charge on any atom is 4.00 e. The molecule has 0 aliphatic rings. The first-order valence-electron chi connectivity index (χ1n) is 8.64. The molecule has 0 saturated carbocycles. The van der Waals surface area contributed by atoms with E-state index in [1.165, 1.54) is 54.9 Å². The van der Waals surface area contributed by atoms with E-state index < -0.39 is 0 Å². The van der Waals surface area contributed by atoms with Crippen molar-refractivity contribution in [3.63, 3.8) is 0 Å². The van der Waals surface area contributed by atoms with Crippen molar-refractivity contribution in [3.05, 3.63) is 81.9 Å². The molecule has 4 rings (SSSR count). The van der Waals surface area contributed by atoms with Crippen LogP contribution in [0, 0.1) is 41.5 Å². The van der Waals surface area contributed by atoms with Crippen LogP contribution in [0.4, 0.5) is 0 Å². The van der Waals surface area contributed by atoms with Crippen molar-refractivity contribution >= 4 is 21.5 Å². The van der Waals surface area contributed by atoms with Gasteiger partial charge in [0.25, 0.3) is 0 Å². The third-order valence-corrected chi connectivity index (χ3v) is 5.57. The summed E-state index contributed by atoms with van der Waals surface area (Å²) in [6, 6.07) is 17.4. The molecule has 0 atom stereocenters. The first-order chi connectivity index (χ1) is 11.4. The van der Waals surface area contributed by atoms with Crippen molar-refractivity contribution in [2.75, 3.05) is 0 Å². The van der Waals surface area contributed by atoms with Crippen LogP contribution >= 0.6 is 0 Å². The van der Waals surface area contributed by atoms with Crippen LogP contribution in [0.2, 0.25) is 0 Å². The Labute approximate surface area is 217 Å². The van der Waals surface area contributed by atoms with E-state index in [1.54, 1.807) is 0 Å². The minimum Gasteiger partial charge on any atom is -1.00 e. The summed E-state index contributed by atoms with van der Waals surface area (Å²) in [6.07, 6.45) is 0. The maximum absolute atomic E-state index is 2.26. The SMILES string of the molecule is Cc1c(C)c(C)[c-](C)c1C.Cc1cc2ccc3ccccc3c2[cH-]1.[I-].[I-].[Zr+4]. The van der Waals surface area contributed by atoms with Gasteiger partial charge in [0, 0.05) is 0 Å². The van der Waals surface area contributed by atoms with Crippen molar-refractivity contribution in [2.45, 2.75) is 41.5 Å². The quantitative estimate of drug-likeness (QED) is 0.195. The summed E-state index contributed by atoms with van der Waals surface area (Å²) in [6.45, 7) is 13.1. The molecule has 0 nitrogen and oxygen atoms in total. The van der Waals surface area contributed by atoms with Crippen LogP contribution in [-0.2, 0) is 26.2 Å². The Morgan fingerprint density at radius 3 is 1.78 bits per heavy atom. The molecule has 0 heterocycles. The van der Waals surface area contributed by atoms with Gasteiger partial charge in [-0.05, 0) is 0 Å². The van der Waals surface area contributed by atoms with Crippen LogP contribution in [0.5, 0.6) is 0 Å². The molecule has 0 radical (unpaired) electrons. The molecule has 0 spiro atoms. The van der Waals surface area contributed by atoms with E-state index in [-0.39, 0.29) is 74.2 Å². The summed E-state index contributed by atoms with van der Waals surface area (Å²) in [4.78, 5) is 0. The summed E-state index contributed by atoms with van der Waals surface area (Å²) >= 11 is 0. The summed E-state index contributed by atoms with van der Waals surface area (Å²) < 4.78 is 0. The van der Waals surface area contributed by atoms with Gasteiger partial charge in [0.2, 0.25) is 0 Å². The van der Waals surface area contributed by atoms with Crippen LogP contribution in [0.1, 0.15) is 33.4 Å². The summed E-state index contributed by atoms with van der Waals surface area (Å²) in [7, 11) is 0. The summed E-state index contributed by atoms with van der Waals surface area (Å²) in [5, 5.41) is 5.41. The van der Waals surface area contributed by atoms with E-state index >= 15 is 0 Å². The number of benzene rings is 2.